The second-order valence-corrected chi connectivity index (χ2v) is 8.09. The van der Waals surface area contributed by atoms with Gasteiger partial charge in [0.05, 0.1) is 16.1 Å². The van der Waals surface area contributed by atoms with Crippen molar-refractivity contribution in [3.63, 3.8) is 0 Å². The van der Waals surface area contributed by atoms with Gasteiger partial charge < -0.3 is 15.4 Å². The van der Waals surface area contributed by atoms with Crippen LogP contribution in [-0.2, 0) is 20.7 Å². The molecule has 31 heavy (non-hydrogen) atoms. The van der Waals surface area contributed by atoms with Gasteiger partial charge in [-0.3, -0.25) is 14.4 Å². The standard InChI is InChI=1S/C23H22N2O5S/c1-14(26)24-10-9-18-7-8-22(31-18)21(28)13-30-23(29)19-11-16-5-3-4-6-17(16)12-20(19)25-15(2)27/h3-8,11-12H,9-10,13H2,1-2H3,(H,24,26)(H,25,27). The number of carbonyl (C=O) groups excluding carboxylic acids is 4. The van der Waals surface area contributed by atoms with Crippen LogP contribution in [0.1, 0.15) is 38.8 Å². The zero-order valence-corrected chi connectivity index (χ0v) is 18.0. The fourth-order valence-corrected chi connectivity index (χ4v) is 3.94. The Morgan fingerprint density at radius 2 is 1.65 bits per heavy atom. The summed E-state index contributed by atoms with van der Waals surface area (Å²) in [4.78, 5) is 49.0. The first-order valence-corrected chi connectivity index (χ1v) is 10.5. The van der Waals surface area contributed by atoms with Gasteiger partial charge in [0, 0.05) is 25.3 Å². The molecule has 2 amide bonds. The molecule has 0 radical (unpaired) electrons. The predicted molar refractivity (Wildman–Crippen MR) is 120 cm³/mol. The van der Waals surface area contributed by atoms with E-state index in [2.05, 4.69) is 10.6 Å². The summed E-state index contributed by atoms with van der Waals surface area (Å²) in [5, 5.41) is 7.03. The number of amides is 2. The molecule has 0 fully saturated rings. The van der Waals surface area contributed by atoms with E-state index < -0.39 is 12.6 Å². The van der Waals surface area contributed by atoms with Crippen LogP contribution in [0.4, 0.5) is 5.69 Å². The van der Waals surface area contributed by atoms with Crippen LogP contribution in [0, 0.1) is 0 Å². The highest BCUT2D eigenvalue weighted by Crippen LogP contribution is 2.25. The first-order valence-electron chi connectivity index (χ1n) is 9.67. The first kappa shape index (κ1) is 22.2. The van der Waals surface area contributed by atoms with Crippen molar-refractivity contribution in [2.75, 3.05) is 18.5 Å². The Kier molecular flexibility index (Phi) is 7.15. The van der Waals surface area contributed by atoms with Crippen LogP contribution < -0.4 is 10.6 Å². The molecule has 8 heteroatoms. The molecule has 0 aliphatic heterocycles. The van der Waals surface area contributed by atoms with Gasteiger partial charge in [0.2, 0.25) is 17.6 Å². The molecule has 160 valence electrons. The predicted octanol–water partition coefficient (Wildman–Crippen LogP) is 3.58. The number of hydrogen-bond acceptors (Lipinski definition) is 6. The molecule has 0 atom stereocenters. The Morgan fingerprint density at radius 1 is 0.935 bits per heavy atom. The van der Waals surface area contributed by atoms with E-state index in [1.165, 1.54) is 25.2 Å². The second kappa shape index (κ2) is 9.99. The minimum atomic E-state index is -0.690. The quantitative estimate of drug-likeness (QED) is 0.414. The maximum atomic E-state index is 12.7. The summed E-state index contributed by atoms with van der Waals surface area (Å²) < 4.78 is 5.25. The average molecular weight is 439 g/mol. The van der Waals surface area contributed by atoms with E-state index in [1.807, 2.05) is 30.3 Å². The van der Waals surface area contributed by atoms with Crippen LogP contribution in [0.2, 0.25) is 0 Å². The Bertz CT molecular complexity index is 1150. The lowest BCUT2D eigenvalue weighted by atomic mass is 10.0. The molecular formula is C23H22N2O5S. The number of nitrogens with one attached hydrogen (secondary N) is 2. The van der Waals surface area contributed by atoms with E-state index in [1.54, 1.807) is 18.2 Å². The molecule has 1 heterocycles. The van der Waals surface area contributed by atoms with Gasteiger partial charge >= 0.3 is 5.97 Å². The number of ether oxygens (including phenoxy) is 1. The fraction of sp³-hybridized carbons (Fsp3) is 0.217. The van der Waals surface area contributed by atoms with Crippen molar-refractivity contribution in [1.82, 2.24) is 5.32 Å². The molecule has 0 saturated carbocycles. The minimum absolute atomic E-state index is 0.105. The van der Waals surface area contributed by atoms with Crippen LogP contribution in [-0.4, -0.2) is 36.7 Å². The van der Waals surface area contributed by atoms with Crippen molar-refractivity contribution in [3.05, 3.63) is 63.8 Å². The van der Waals surface area contributed by atoms with Gasteiger partial charge in [-0.15, -0.1) is 11.3 Å². The molecule has 0 aliphatic rings. The van der Waals surface area contributed by atoms with E-state index in [0.717, 1.165) is 15.6 Å². The number of Topliss-reactive ketones (excluding diaryl/α,β-unsaturated/α-hetero) is 1. The number of benzene rings is 2. The Labute approximate surface area is 183 Å². The van der Waals surface area contributed by atoms with Crippen LogP contribution >= 0.6 is 11.3 Å². The van der Waals surface area contributed by atoms with Crippen LogP contribution in [0.15, 0.2) is 48.5 Å². The van der Waals surface area contributed by atoms with Gasteiger partial charge in [-0.25, -0.2) is 4.79 Å². The summed E-state index contributed by atoms with van der Waals surface area (Å²) in [5.41, 5.74) is 0.518. The van der Waals surface area contributed by atoms with Crippen molar-refractivity contribution >= 4 is 51.4 Å². The lowest BCUT2D eigenvalue weighted by Gasteiger charge is -2.11. The lowest BCUT2D eigenvalue weighted by Crippen LogP contribution is -2.22. The van der Waals surface area contributed by atoms with Crippen molar-refractivity contribution in [1.29, 1.82) is 0 Å². The van der Waals surface area contributed by atoms with Gasteiger partial charge in [-0.2, -0.15) is 0 Å². The molecule has 3 aromatic rings. The van der Waals surface area contributed by atoms with Crippen LogP contribution in [0.5, 0.6) is 0 Å². The van der Waals surface area contributed by atoms with E-state index in [4.69, 9.17) is 4.74 Å². The first-order chi connectivity index (χ1) is 14.8. The summed E-state index contributed by atoms with van der Waals surface area (Å²) >= 11 is 1.30. The highest BCUT2D eigenvalue weighted by Gasteiger charge is 2.18. The molecule has 0 unspecified atom stereocenters. The van der Waals surface area contributed by atoms with E-state index in [9.17, 15) is 19.2 Å². The highest BCUT2D eigenvalue weighted by molar-refractivity contribution is 7.14. The fourth-order valence-electron chi connectivity index (χ4n) is 3.01. The maximum absolute atomic E-state index is 12.7. The van der Waals surface area contributed by atoms with Gasteiger partial charge in [0.15, 0.2) is 6.61 Å². The van der Waals surface area contributed by atoms with E-state index >= 15 is 0 Å². The number of hydrogen-bond donors (Lipinski definition) is 2. The van der Waals surface area contributed by atoms with Crippen molar-refractivity contribution < 1.29 is 23.9 Å². The van der Waals surface area contributed by atoms with Crippen molar-refractivity contribution in [2.45, 2.75) is 20.3 Å². The normalized spacial score (nSPS) is 10.5. The van der Waals surface area contributed by atoms with Crippen molar-refractivity contribution in [3.8, 4) is 0 Å². The monoisotopic (exact) mass is 438 g/mol. The number of fused-ring (bicyclic) bond motifs is 1. The van der Waals surface area contributed by atoms with Crippen LogP contribution in [0.25, 0.3) is 10.8 Å². The topological polar surface area (TPSA) is 102 Å². The third-order valence-electron chi connectivity index (χ3n) is 4.43. The van der Waals surface area contributed by atoms with Gasteiger partial charge in [0.1, 0.15) is 0 Å². The summed E-state index contributed by atoms with van der Waals surface area (Å²) in [6, 6.07) is 14.3. The zero-order chi connectivity index (χ0) is 22.4. The molecular weight excluding hydrogens is 416 g/mol. The summed E-state index contributed by atoms with van der Waals surface area (Å²) in [6.45, 7) is 2.89. The number of esters is 1. The molecule has 2 aromatic carbocycles. The van der Waals surface area contributed by atoms with Crippen molar-refractivity contribution in [2.24, 2.45) is 0 Å². The number of carbonyl (C=O) groups is 4. The second-order valence-electron chi connectivity index (χ2n) is 6.92. The smallest absolute Gasteiger partial charge is 0.340 e. The zero-order valence-electron chi connectivity index (χ0n) is 17.2. The van der Waals surface area contributed by atoms with Gasteiger partial charge in [-0.05, 0) is 41.5 Å². The van der Waals surface area contributed by atoms with E-state index in [0.29, 0.717) is 23.5 Å². The lowest BCUT2D eigenvalue weighted by molar-refractivity contribution is -0.119. The Balaban J connectivity index is 1.68. The summed E-state index contributed by atoms with van der Waals surface area (Å²) in [7, 11) is 0. The number of thiophene rings is 1. The Morgan fingerprint density at radius 3 is 2.32 bits per heavy atom. The minimum Gasteiger partial charge on any atom is -0.454 e. The summed E-state index contributed by atoms with van der Waals surface area (Å²) in [5.74, 6) is -1.42. The summed E-state index contributed by atoms with van der Waals surface area (Å²) in [6.07, 6.45) is 0.620. The molecule has 3 rings (SSSR count). The SMILES string of the molecule is CC(=O)NCCc1ccc(C(=O)COC(=O)c2cc3ccccc3cc2NC(C)=O)s1. The number of rotatable bonds is 8. The molecule has 1 aromatic heterocycles. The third kappa shape index (κ3) is 5.99. The molecule has 0 bridgehead atoms. The molecule has 2 N–H and O–H groups in total. The largest absolute Gasteiger partial charge is 0.454 e. The van der Waals surface area contributed by atoms with Gasteiger partial charge in [-0.1, -0.05) is 24.3 Å². The Hall–Kier alpha value is -3.52. The maximum Gasteiger partial charge on any atom is 0.340 e. The molecule has 0 spiro atoms. The third-order valence-corrected chi connectivity index (χ3v) is 5.62. The number of anilines is 1. The van der Waals surface area contributed by atoms with E-state index in [-0.39, 0.29) is 23.2 Å². The van der Waals surface area contributed by atoms with Crippen LogP contribution in [0.3, 0.4) is 0 Å². The highest BCUT2D eigenvalue weighted by atomic mass is 32.1. The van der Waals surface area contributed by atoms with Gasteiger partial charge in [0.25, 0.3) is 0 Å². The molecule has 7 nitrogen and oxygen atoms in total. The average Bonchev–Trinajstić information content (AvgIpc) is 3.19. The molecule has 0 aliphatic carbocycles. The number of ketones is 1. The molecule has 0 saturated heterocycles.